The van der Waals surface area contributed by atoms with E-state index >= 15 is 0 Å². The van der Waals surface area contributed by atoms with Crippen LogP contribution in [0.3, 0.4) is 0 Å². The van der Waals surface area contributed by atoms with Gasteiger partial charge < -0.3 is 16.0 Å². The summed E-state index contributed by atoms with van der Waals surface area (Å²) in [6.45, 7) is 4.90. The molecule has 1 aromatic carbocycles. The molecular weight excluding hydrogens is 388 g/mol. The smallest absolute Gasteiger partial charge is 0.227 e. The third kappa shape index (κ3) is 5.27. The second kappa shape index (κ2) is 9.26. The molecule has 0 spiro atoms. The maximum atomic E-state index is 6.30. The van der Waals surface area contributed by atoms with Gasteiger partial charge in [-0.15, -0.1) is 0 Å². The zero-order chi connectivity index (χ0) is 21.8. The molecule has 162 valence electrons. The van der Waals surface area contributed by atoms with Crippen molar-refractivity contribution in [2.45, 2.75) is 26.3 Å². The molecular formula is C23H30N8. The van der Waals surface area contributed by atoms with E-state index in [1.807, 2.05) is 19.3 Å². The maximum absolute atomic E-state index is 6.30. The minimum Gasteiger partial charge on any atom is -0.387 e. The van der Waals surface area contributed by atoms with Gasteiger partial charge in [-0.05, 0) is 63.2 Å². The summed E-state index contributed by atoms with van der Waals surface area (Å²) in [6.07, 6.45) is 7.57. The molecule has 0 unspecified atom stereocenters. The van der Waals surface area contributed by atoms with Crippen molar-refractivity contribution in [3.8, 4) is 11.3 Å². The Morgan fingerprint density at radius 1 is 1.23 bits per heavy atom. The van der Waals surface area contributed by atoms with Crippen molar-refractivity contribution in [3.63, 3.8) is 0 Å². The van der Waals surface area contributed by atoms with Gasteiger partial charge in [-0.1, -0.05) is 12.1 Å². The Kier molecular flexibility index (Phi) is 6.27. The third-order valence-corrected chi connectivity index (χ3v) is 5.82. The molecule has 1 aliphatic heterocycles. The average molecular weight is 419 g/mol. The van der Waals surface area contributed by atoms with Gasteiger partial charge in [-0.3, -0.25) is 9.67 Å². The Morgan fingerprint density at radius 3 is 2.74 bits per heavy atom. The van der Waals surface area contributed by atoms with Crippen LogP contribution < -0.4 is 11.1 Å². The van der Waals surface area contributed by atoms with E-state index in [4.69, 9.17) is 10.7 Å². The van der Waals surface area contributed by atoms with E-state index in [1.165, 1.54) is 11.1 Å². The van der Waals surface area contributed by atoms with Gasteiger partial charge in [0.15, 0.2) is 0 Å². The first-order valence-corrected chi connectivity index (χ1v) is 10.6. The number of hydrogen-bond donors (Lipinski definition) is 2. The van der Waals surface area contributed by atoms with Gasteiger partial charge in [0.05, 0.1) is 30.0 Å². The summed E-state index contributed by atoms with van der Waals surface area (Å²) in [5.41, 5.74) is 11.4. The summed E-state index contributed by atoms with van der Waals surface area (Å²) in [5.74, 6) is 1.74. The van der Waals surface area contributed by atoms with E-state index in [1.54, 1.807) is 17.1 Å². The van der Waals surface area contributed by atoms with Crippen LogP contribution in [0.25, 0.3) is 11.3 Å². The zero-order valence-corrected chi connectivity index (χ0v) is 18.4. The van der Waals surface area contributed by atoms with E-state index in [2.05, 4.69) is 57.5 Å². The lowest BCUT2D eigenvalue weighted by molar-refractivity contribution is 0.251. The minimum absolute atomic E-state index is 0.405. The highest BCUT2D eigenvalue weighted by atomic mass is 15.3. The fourth-order valence-corrected chi connectivity index (χ4v) is 3.84. The minimum atomic E-state index is 0.405. The third-order valence-electron chi connectivity index (χ3n) is 5.82. The zero-order valence-electron chi connectivity index (χ0n) is 18.4. The van der Waals surface area contributed by atoms with Gasteiger partial charge in [0.2, 0.25) is 5.95 Å². The van der Waals surface area contributed by atoms with E-state index in [9.17, 15) is 0 Å². The molecule has 0 amide bonds. The van der Waals surface area contributed by atoms with Crippen LogP contribution in [0.5, 0.6) is 0 Å². The summed E-state index contributed by atoms with van der Waals surface area (Å²) < 4.78 is 1.73. The number of nitrogens with one attached hydrogen (secondary N) is 1. The summed E-state index contributed by atoms with van der Waals surface area (Å²) >= 11 is 0. The lowest BCUT2D eigenvalue weighted by Gasteiger charge is -2.28. The molecule has 0 bridgehead atoms. The standard InChI is InChI=1S/C23H30N8/c1-16-12-18(21-6-9-25-23(29-21)28-20-14-27-31(3)15-20)4-5-19(16)13-26-22(24)17-7-10-30(2)11-8-17/h4-6,9,12,14-15,17H,7-8,10-11,13H2,1-3H3,(H2,24,26)(H,25,28,29). The highest BCUT2D eigenvalue weighted by Crippen LogP contribution is 2.23. The molecule has 31 heavy (non-hydrogen) atoms. The Bertz CT molecular complexity index is 1060. The topological polar surface area (TPSA) is 97.2 Å². The fourth-order valence-electron chi connectivity index (χ4n) is 3.84. The molecule has 1 saturated heterocycles. The number of nitrogens with zero attached hydrogens (tertiary/aromatic N) is 6. The van der Waals surface area contributed by atoms with E-state index < -0.39 is 0 Å². The lowest BCUT2D eigenvalue weighted by Crippen LogP contribution is -2.36. The number of likely N-dealkylation sites (tertiary alicyclic amines) is 1. The van der Waals surface area contributed by atoms with Gasteiger partial charge in [-0.25, -0.2) is 9.97 Å². The fraction of sp³-hybridized carbons (Fsp3) is 0.391. The summed E-state index contributed by atoms with van der Waals surface area (Å²) in [5, 5.41) is 7.34. The number of aliphatic imine (C=N–C) groups is 1. The number of amidine groups is 1. The van der Waals surface area contributed by atoms with Crippen LogP contribution >= 0.6 is 0 Å². The number of hydrogen-bond acceptors (Lipinski definition) is 6. The molecule has 1 aliphatic rings. The second-order valence-corrected chi connectivity index (χ2v) is 8.25. The number of anilines is 2. The summed E-state index contributed by atoms with van der Waals surface area (Å²) in [7, 11) is 4.03. The molecule has 3 heterocycles. The van der Waals surface area contributed by atoms with E-state index in [0.29, 0.717) is 18.4 Å². The lowest BCUT2D eigenvalue weighted by atomic mass is 9.96. The largest absolute Gasteiger partial charge is 0.387 e. The highest BCUT2D eigenvalue weighted by Gasteiger charge is 2.19. The number of aromatic nitrogens is 4. The van der Waals surface area contributed by atoms with Gasteiger partial charge in [0, 0.05) is 30.9 Å². The van der Waals surface area contributed by atoms with Gasteiger partial charge in [0.25, 0.3) is 0 Å². The first kappa shape index (κ1) is 21.0. The van der Waals surface area contributed by atoms with Gasteiger partial charge in [0.1, 0.15) is 0 Å². The van der Waals surface area contributed by atoms with Crippen LogP contribution in [0.2, 0.25) is 0 Å². The molecule has 4 rings (SSSR count). The number of piperidine rings is 1. The van der Waals surface area contributed by atoms with Crippen molar-refractivity contribution in [1.82, 2.24) is 24.6 Å². The number of aryl methyl sites for hydroxylation is 2. The van der Waals surface area contributed by atoms with Crippen LogP contribution in [-0.2, 0) is 13.6 Å². The highest BCUT2D eigenvalue weighted by molar-refractivity contribution is 5.83. The van der Waals surface area contributed by atoms with Crippen LogP contribution in [0.15, 0.2) is 47.8 Å². The number of rotatable bonds is 6. The monoisotopic (exact) mass is 418 g/mol. The molecule has 0 saturated carbocycles. The molecule has 3 aromatic rings. The van der Waals surface area contributed by atoms with Crippen LogP contribution in [0, 0.1) is 12.8 Å². The molecule has 8 heteroatoms. The average Bonchev–Trinajstić information content (AvgIpc) is 3.17. The number of nitrogens with two attached hydrogens (primary N) is 1. The SMILES string of the molecule is Cc1cc(-c2ccnc(Nc3cnn(C)c3)n2)ccc1CN=C(N)C1CCN(C)CC1. The van der Waals surface area contributed by atoms with Crippen LogP contribution in [0.1, 0.15) is 24.0 Å². The quantitative estimate of drug-likeness (QED) is 0.472. The van der Waals surface area contributed by atoms with E-state index in [-0.39, 0.29) is 0 Å². The van der Waals surface area contributed by atoms with Crippen LogP contribution in [0.4, 0.5) is 11.6 Å². The molecule has 2 aromatic heterocycles. The van der Waals surface area contributed by atoms with E-state index in [0.717, 1.165) is 48.7 Å². The Balaban J connectivity index is 1.45. The molecule has 0 atom stereocenters. The predicted octanol–water partition coefficient (Wildman–Crippen LogP) is 3.13. The molecule has 0 radical (unpaired) electrons. The normalized spacial score (nSPS) is 15.9. The molecule has 3 N–H and O–H groups in total. The molecule has 0 aliphatic carbocycles. The predicted molar refractivity (Wildman–Crippen MR) is 124 cm³/mol. The van der Waals surface area contributed by atoms with Crippen molar-refractivity contribution in [2.24, 2.45) is 23.7 Å². The Hall–Kier alpha value is -3.26. The molecule has 8 nitrogen and oxygen atoms in total. The maximum Gasteiger partial charge on any atom is 0.227 e. The summed E-state index contributed by atoms with van der Waals surface area (Å²) in [4.78, 5) is 16.0. The van der Waals surface area contributed by atoms with Crippen molar-refractivity contribution < 1.29 is 0 Å². The Morgan fingerprint density at radius 2 is 2.03 bits per heavy atom. The van der Waals surface area contributed by atoms with Crippen molar-refractivity contribution in [3.05, 3.63) is 54.0 Å². The second-order valence-electron chi connectivity index (χ2n) is 8.25. The number of benzene rings is 1. The first-order chi connectivity index (χ1) is 15.0. The van der Waals surface area contributed by atoms with Crippen molar-refractivity contribution in [1.29, 1.82) is 0 Å². The van der Waals surface area contributed by atoms with Gasteiger partial charge >= 0.3 is 0 Å². The summed E-state index contributed by atoms with van der Waals surface area (Å²) in [6, 6.07) is 8.26. The first-order valence-electron chi connectivity index (χ1n) is 10.6. The van der Waals surface area contributed by atoms with Crippen molar-refractivity contribution in [2.75, 3.05) is 25.5 Å². The molecule has 1 fully saturated rings. The van der Waals surface area contributed by atoms with Crippen molar-refractivity contribution >= 4 is 17.5 Å². The van der Waals surface area contributed by atoms with Gasteiger partial charge in [-0.2, -0.15) is 5.10 Å². The Labute approximate surface area is 183 Å². The van der Waals surface area contributed by atoms with Crippen LogP contribution in [-0.4, -0.2) is 50.6 Å².